The van der Waals surface area contributed by atoms with Crippen LogP contribution in [0.1, 0.15) is 45.8 Å². The van der Waals surface area contributed by atoms with E-state index in [4.69, 9.17) is 4.42 Å². The zero-order valence-electron chi connectivity index (χ0n) is 18.1. The van der Waals surface area contributed by atoms with Crippen LogP contribution >= 0.6 is 0 Å². The average molecular weight is 441 g/mol. The minimum absolute atomic E-state index is 0.189. The van der Waals surface area contributed by atoms with Gasteiger partial charge in [0.2, 0.25) is 0 Å². The van der Waals surface area contributed by atoms with Gasteiger partial charge in [-0.25, -0.2) is 9.78 Å². The van der Waals surface area contributed by atoms with Crippen LogP contribution in [0.4, 0.5) is 10.6 Å². The highest BCUT2D eigenvalue weighted by atomic mass is 16.3. The molecular weight excluding hydrogens is 416 g/mol. The van der Waals surface area contributed by atoms with Crippen molar-refractivity contribution in [1.82, 2.24) is 15.3 Å². The van der Waals surface area contributed by atoms with Crippen LogP contribution in [0.25, 0.3) is 11.3 Å². The van der Waals surface area contributed by atoms with Crippen LogP contribution in [0.2, 0.25) is 0 Å². The van der Waals surface area contributed by atoms with Crippen molar-refractivity contribution in [2.75, 3.05) is 5.32 Å². The molecule has 0 aliphatic heterocycles. The summed E-state index contributed by atoms with van der Waals surface area (Å²) in [5.74, 6) is 1.28. The summed E-state index contributed by atoms with van der Waals surface area (Å²) in [6, 6.07) is 17.0. The number of H-pyrrole nitrogens is 1. The molecule has 0 spiro atoms. The van der Waals surface area contributed by atoms with E-state index < -0.39 is 0 Å². The SMILES string of the molecule is O=C(NCc1ccco1)Nc1cc(-c2[nH]c3c(c2Cc2ccccc2)C(=O)CCC3)ccn1. The van der Waals surface area contributed by atoms with Gasteiger partial charge >= 0.3 is 6.03 Å². The molecule has 7 heteroatoms. The molecule has 3 N–H and O–H groups in total. The largest absolute Gasteiger partial charge is 0.467 e. The number of hydrogen-bond donors (Lipinski definition) is 3. The van der Waals surface area contributed by atoms with E-state index in [-0.39, 0.29) is 18.4 Å². The molecular formula is C26H24N4O3. The molecule has 0 saturated heterocycles. The molecule has 3 heterocycles. The van der Waals surface area contributed by atoms with E-state index in [2.05, 4.69) is 32.7 Å². The minimum Gasteiger partial charge on any atom is -0.467 e. The highest BCUT2D eigenvalue weighted by Gasteiger charge is 2.26. The fraction of sp³-hybridized carbons (Fsp3) is 0.192. The summed E-state index contributed by atoms with van der Waals surface area (Å²) in [6.45, 7) is 0.283. The van der Waals surface area contributed by atoms with E-state index in [0.29, 0.717) is 24.4 Å². The Labute approximate surface area is 191 Å². The third kappa shape index (κ3) is 4.57. The van der Waals surface area contributed by atoms with Gasteiger partial charge in [0.1, 0.15) is 11.6 Å². The molecule has 166 valence electrons. The van der Waals surface area contributed by atoms with Crippen molar-refractivity contribution in [3.8, 4) is 11.3 Å². The maximum Gasteiger partial charge on any atom is 0.320 e. The number of Topliss-reactive ketones (excluding diaryl/α,β-unsaturated/α-hetero) is 1. The van der Waals surface area contributed by atoms with Gasteiger partial charge in [-0.2, -0.15) is 0 Å². The fourth-order valence-corrected chi connectivity index (χ4v) is 4.29. The van der Waals surface area contributed by atoms with Gasteiger partial charge in [0.15, 0.2) is 5.78 Å². The van der Waals surface area contributed by atoms with Crippen molar-refractivity contribution in [1.29, 1.82) is 0 Å². The Bertz CT molecular complexity index is 1280. The minimum atomic E-state index is -0.374. The first-order valence-electron chi connectivity index (χ1n) is 11.0. The Balaban J connectivity index is 1.43. The number of aromatic nitrogens is 2. The lowest BCUT2D eigenvalue weighted by Crippen LogP contribution is -2.28. The number of hydrogen-bond acceptors (Lipinski definition) is 4. The second-order valence-electron chi connectivity index (χ2n) is 8.09. The number of carbonyl (C=O) groups excluding carboxylic acids is 2. The number of furan rings is 1. The van der Waals surface area contributed by atoms with Crippen molar-refractivity contribution < 1.29 is 14.0 Å². The number of benzene rings is 1. The van der Waals surface area contributed by atoms with E-state index in [1.807, 2.05) is 30.3 Å². The van der Waals surface area contributed by atoms with Gasteiger partial charge in [-0.15, -0.1) is 0 Å². The first-order valence-corrected chi connectivity index (χ1v) is 11.0. The number of nitrogens with one attached hydrogen (secondary N) is 3. The zero-order chi connectivity index (χ0) is 22.6. The van der Waals surface area contributed by atoms with Crippen LogP contribution in [-0.4, -0.2) is 21.8 Å². The van der Waals surface area contributed by atoms with Crippen molar-refractivity contribution in [2.45, 2.75) is 32.2 Å². The number of carbonyl (C=O) groups is 2. The highest BCUT2D eigenvalue weighted by molar-refractivity contribution is 6.01. The number of urea groups is 1. The zero-order valence-corrected chi connectivity index (χ0v) is 18.1. The van der Waals surface area contributed by atoms with Crippen LogP contribution in [0.3, 0.4) is 0 Å². The quantitative estimate of drug-likeness (QED) is 0.388. The number of pyridine rings is 1. The Morgan fingerprint density at radius 2 is 1.97 bits per heavy atom. The number of nitrogens with zero attached hydrogens (tertiary/aromatic N) is 1. The summed E-state index contributed by atoms with van der Waals surface area (Å²) in [5, 5.41) is 5.52. The molecule has 1 aliphatic rings. The van der Waals surface area contributed by atoms with Crippen LogP contribution in [0.15, 0.2) is 71.5 Å². The lowest BCUT2D eigenvalue weighted by molar-refractivity contribution is 0.0971. The topological polar surface area (TPSA) is 100 Å². The summed E-state index contributed by atoms with van der Waals surface area (Å²) in [6.07, 6.45) is 6.16. The predicted molar refractivity (Wildman–Crippen MR) is 125 cm³/mol. The van der Waals surface area contributed by atoms with Crippen LogP contribution in [0.5, 0.6) is 0 Å². The summed E-state index contributed by atoms with van der Waals surface area (Å²) < 4.78 is 5.23. The standard InChI is InChI=1S/C26H24N4O3/c31-22-10-4-9-21-24(22)20(14-17-6-2-1-3-7-17)25(29-21)18-11-12-27-23(15-18)30-26(32)28-16-19-8-5-13-33-19/h1-3,5-8,11-13,15,29H,4,9-10,14,16H2,(H2,27,28,30,32). The second kappa shape index (κ2) is 9.16. The molecule has 0 fully saturated rings. The molecule has 1 aliphatic carbocycles. The molecule has 33 heavy (non-hydrogen) atoms. The van der Waals surface area contributed by atoms with Crippen molar-refractivity contribution >= 4 is 17.6 Å². The van der Waals surface area contributed by atoms with Gasteiger partial charge in [-0.05, 0) is 48.2 Å². The highest BCUT2D eigenvalue weighted by Crippen LogP contribution is 2.35. The molecule has 0 unspecified atom stereocenters. The van der Waals surface area contributed by atoms with E-state index in [9.17, 15) is 9.59 Å². The third-order valence-corrected chi connectivity index (χ3v) is 5.81. The van der Waals surface area contributed by atoms with E-state index in [0.717, 1.165) is 46.5 Å². The molecule has 0 bridgehead atoms. The van der Waals surface area contributed by atoms with Gasteiger partial charge in [0, 0.05) is 35.9 Å². The Morgan fingerprint density at radius 3 is 2.79 bits per heavy atom. The summed E-state index contributed by atoms with van der Waals surface area (Å²) in [4.78, 5) is 32.9. The first kappa shape index (κ1) is 20.8. The summed E-state index contributed by atoms with van der Waals surface area (Å²) in [5.41, 5.74) is 5.74. The lowest BCUT2D eigenvalue weighted by atomic mass is 9.90. The number of amides is 2. The number of rotatable bonds is 6. The maximum atomic E-state index is 12.8. The van der Waals surface area contributed by atoms with Crippen LogP contribution in [-0.2, 0) is 19.4 Å². The Hall–Kier alpha value is -4.13. The number of aryl methyl sites for hydroxylation is 1. The van der Waals surface area contributed by atoms with E-state index >= 15 is 0 Å². The molecule has 0 radical (unpaired) electrons. The van der Waals surface area contributed by atoms with Gasteiger partial charge in [-0.3, -0.25) is 10.1 Å². The molecule has 4 aromatic rings. The molecule has 3 aromatic heterocycles. The monoisotopic (exact) mass is 440 g/mol. The normalized spacial score (nSPS) is 12.9. The molecule has 1 aromatic carbocycles. The summed E-state index contributed by atoms with van der Waals surface area (Å²) >= 11 is 0. The van der Waals surface area contributed by atoms with Crippen molar-refractivity contribution in [3.05, 3.63) is 95.2 Å². The molecule has 7 nitrogen and oxygen atoms in total. The van der Waals surface area contributed by atoms with Gasteiger partial charge in [0.05, 0.1) is 18.5 Å². The Morgan fingerprint density at radius 1 is 1.09 bits per heavy atom. The molecule has 0 saturated carbocycles. The number of aromatic amines is 1. The smallest absolute Gasteiger partial charge is 0.320 e. The predicted octanol–water partition coefficient (Wildman–Crippen LogP) is 5.10. The van der Waals surface area contributed by atoms with Crippen molar-refractivity contribution in [3.63, 3.8) is 0 Å². The number of fused-ring (bicyclic) bond motifs is 1. The molecule has 5 rings (SSSR count). The maximum absolute atomic E-state index is 12.8. The lowest BCUT2D eigenvalue weighted by Gasteiger charge is -2.12. The fourth-order valence-electron chi connectivity index (χ4n) is 4.29. The van der Waals surface area contributed by atoms with Crippen molar-refractivity contribution in [2.24, 2.45) is 0 Å². The average Bonchev–Trinajstić information content (AvgIpc) is 3.48. The van der Waals surface area contributed by atoms with Gasteiger partial charge < -0.3 is 14.7 Å². The third-order valence-electron chi connectivity index (χ3n) is 5.81. The number of ketones is 1. The molecule has 2 amide bonds. The first-order chi connectivity index (χ1) is 16.2. The summed E-state index contributed by atoms with van der Waals surface area (Å²) in [7, 11) is 0. The van der Waals surface area contributed by atoms with E-state index in [1.54, 1.807) is 24.6 Å². The van der Waals surface area contributed by atoms with Crippen LogP contribution in [0, 0.1) is 0 Å². The number of anilines is 1. The van der Waals surface area contributed by atoms with E-state index in [1.165, 1.54) is 0 Å². The molecule has 0 atom stereocenters. The van der Waals surface area contributed by atoms with Gasteiger partial charge in [-0.1, -0.05) is 30.3 Å². The second-order valence-corrected chi connectivity index (χ2v) is 8.09. The van der Waals surface area contributed by atoms with Crippen LogP contribution < -0.4 is 10.6 Å². The Kier molecular flexibility index (Phi) is 5.76. The van der Waals surface area contributed by atoms with Gasteiger partial charge in [0.25, 0.3) is 0 Å².